The lowest BCUT2D eigenvalue weighted by Gasteiger charge is -2.25. The third-order valence-electron chi connectivity index (χ3n) is 2.89. The number of alkyl halides is 3. The average Bonchev–Trinajstić information content (AvgIpc) is 2.37. The van der Waals surface area contributed by atoms with Crippen molar-refractivity contribution in [3.05, 3.63) is 28.2 Å². The van der Waals surface area contributed by atoms with E-state index in [2.05, 4.69) is 5.32 Å². The van der Waals surface area contributed by atoms with Crippen molar-refractivity contribution in [2.24, 2.45) is 0 Å². The van der Waals surface area contributed by atoms with Gasteiger partial charge in [-0.25, -0.2) is 4.79 Å². The molecule has 2 amide bonds. The molecular formula is C13H16F3N3O4. The number of halogens is 3. The fourth-order valence-electron chi connectivity index (χ4n) is 1.68. The second kappa shape index (κ2) is 6.71. The Hall–Kier alpha value is -2.52. The smallest absolute Gasteiger partial charge is 0.417 e. The number of rotatable bonds is 5. The predicted octanol–water partition coefficient (Wildman–Crippen LogP) is 2.16. The van der Waals surface area contributed by atoms with Crippen molar-refractivity contribution in [2.45, 2.75) is 38.4 Å². The summed E-state index contributed by atoms with van der Waals surface area (Å²) in [6.45, 7) is 3.10. The summed E-state index contributed by atoms with van der Waals surface area (Å²) in [5.41, 5.74) is -3.49. The minimum absolute atomic E-state index is 0.106. The number of anilines is 1. The number of carbonyl (C=O) groups excluding carboxylic acids is 1. The molecule has 10 heteroatoms. The van der Waals surface area contributed by atoms with E-state index in [0.29, 0.717) is 12.3 Å². The first-order valence-corrected chi connectivity index (χ1v) is 6.51. The Morgan fingerprint density at radius 3 is 2.43 bits per heavy atom. The molecule has 128 valence electrons. The van der Waals surface area contributed by atoms with E-state index >= 15 is 0 Å². The number of H-pyrrole nitrogens is 1. The lowest BCUT2D eigenvalue weighted by molar-refractivity contribution is -0.138. The van der Waals surface area contributed by atoms with Crippen LogP contribution in [0.25, 0.3) is 0 Å². The molecule has 0 saturated heterocycles. The van der Waals surface area contributed by atoms with Crippen LogP contribution in [-0.4, -0.2) is 27.6 Å². The Morgan fingerprint density at radius 1 is 1.30 bits per heavy atom. The molecule has 1 heterocycles. The zero-order chi connectivity index (χ0) is 17.8. The molecule has 0 bridgehead atoms. The van der Waals surface area contributed by atoms with E-state index < -0.39 is 40.5 Å². The summed E-state index contributed by atoms with van der Waals surface area (Å²) in [5, 5.41) is 13.0. The van der Waals surface area contributed by atoms with Crippen molar-refractivity contribution < 1.29 is 27.9 Å². The van der Waals surface area contributed by atoms with E-state index in [9.17, 15) is 27.6 Å². The molecule has 7 nitrogen and oxygen atoms in total. The standard InChI is InChI=1S/C13H16F3N3O4/c1-12(2,4-3-9(20)21)19-11(23)18-8-5-7(13(14,15)16)6-17-10(8)22/h5-6H,3-4H2,1-2H3,(H,17,22)(H,20,21)(H2,18,19,23). The number of hydrogen-bond acceptors (Lipinski definition) is 3. The van der Waals surface area contributed by atoms with Gasteiger partial charge in [0.1, 0.15) is 5.69 Å². The maximum Gasteiger partial charge on any atom is 0.417 e. The summed E-state index contributed by atoms with van der Waals surface area (Å²) >= 11 is 0. The minimum Gasteiger partial charge on any atom is -0.481 e. The third kappa shape index (κ3) is 6.01. The number of carbonyl (C=O) groups is 2. The molecule has 1 rings (SSSR count). The van der Waals surface area contributed by atoms with Gasteiger partial charge in [0.05, 0.1) is 5.56 Å². The predicted molar refractivity (Wildman–Crippen MR) is 75.2 cm³/mol. The van der Waals surface area contributed by atoms with Crippen molar-refractivity contribution in [3.8, 4) is 0 Å². The minimum atomic E-state index is -4.67. The molecule has 0 aliphatic carbocycles. The second-order valence-electron chi connectivity index (χ2n) is 5.49. The first kappa shape index (κ1) is 18.5. The van der Waals surface area contributed by atoms with Gasteiger partial charge in [0.15, 0.2) is 0 Å². The Balaban J connectivity index is 2.81. The highest BCUT2D eigenvalue weighted by atomic mass is 19.4. The number of aliphatic carboxylic acids is 1. The number of nitrogens with one attached hydrogen (secondary N) is 3. The van der Waals surface area contributed by atoms with Crippen LogP contribution in [-0.2, 0) is 11.0 Å². The number of aromatic nitrogens is 1. The average molecular weight is 335 g/mol. The van der Waals surface area contributed by atoms with Gasteiger partial charge in [-0.1, -0.05) is 0 Å². The van der Waals surface area contributed by atoms with Crippen LogP contribution < -0.4 is 16.2 Å². The molecule has 23 heavy (non-hydrogen) atoms. The Morgan fingerprint density at radius 2 is 1.91 bits per heavy atom. The van der Waals surface area contributed by atoms with Crippen molar-refractivity contribution in [1.29, 1.82) is 0 Å². The Labute approximate surface area is 128 Å². The van der Waals surface area contributed by atoms with Crippen molar-refractivity contribution in [1.82, 2.24) is 10.3 Å². The maximum absolute atomic E-state index is 12.6. The topological polar surface area (TPSA) is 111 Å². The molecule has 0 atom stereocenters. The second-order valence-corrected chi connectivity index (χ2v) is 5.49. The molecule has 0 aromatic carbocycles. The molecule has 1 aromatic rings. The van der Waals surface area contributed by atoms with E-state index in [1.807, 2.05) is 10.3 Å². The van der Waals surface area contributed by atoms with E-state index in [1.54, 1.807) is 13.8 Å². The molecule has 0 aliphatic rings. The number of amides is 2. The first-order chi connectivity index (χ1) is 10.4. The molecule has 0 saturated carbocycles. The largest absolute Gasteiger partial charge is 0.481 e. The monoisotopic (exact) mass is 335 g/mol. The number of urea groups is 1. The number of carboxylic acids is 1. The van der Waals surface area contributed by atoms with E-state index in [4.69, 9.17) is 5.11 Å². The van der Waals surface area contributed by atoms with Gasteiger partial charge in [-0.05, 0) is 26.3 Å². The van der Waals surface area contributed by atoms with Crippen molar-refractivity contribution in [2.75, 3.05) is 5.32 Å². The van der Waals surface area contributed by atoms with Crippen LogP contribution in [0.1, 0.15) is 32.3 Å². The van der Waals surface area contributed by atoms with Gasteiger partial charge in [-0.2, -0.15) is 13.2 Å². The van der Waals surface area contributed by atoms with Crippen LogP contribution in [0.5, 0.6) is 0 Å². The number of pyridine rings is 1. The molecule has 1 aromatic heterocycles. The van der Waals surface area contributed by atoms with Crippen LogP contribution in [0.4, 0.5) is 23.7 Å². The van der Waals surface area contributed by atoms with Gasteiger partial charge >= 0.3 is 18.2 Å². The van der Waals surface area contributed by atoms with Crippen molar-refractivity contribution in [3.63, 3.8) is 0 Å². The summed E-state index contributed by atoms with van der Waals surface area (Å²) < 4.78 is 37.7. The quantitative estimate of drug-likeness (QED) is 0.660. The van der Waals surface area contributed by atoms with E-state index in [-0.39, 0.29) is 12.8 Å². The van der Waals surface area contributed by atoms with Gasteiger partial charge < -0.3 is 20.7 Å². The molecule has 0 fully saturated rings. The van der Waals surface area contributed by atoms with Gasteiger partial charge in [0, 0.05) is 18.2 Å². The summed E-state index contributed by atoms with van der Waals surface area (Å²) in [6, 6.07) is -0.395. The molecule has 0 radical (unpaired) electrons. The fraction of sp³-hybridized carbons (Fsp3) is 0.462. The lowest BCUT2D eigenvalue weighted by atomic mass is 9.99. The molecular weight excluding hydrogens is 319 g/mol. The van der Waals surface area contributed by atoms with Gasteiger partial charge in [0.25, 0.3) is 5.56 Å². The summed E-state index contributed by atoms with van der Waals surface area (Å²) in [5.74, 6) is -1.05. The van der Waals surface area contributed by atoms with E-state index in [0.717, 1.165) is 0 Å². The molecule has 0 spiro atoms. The third-order valence-corrected chi connectivity index (χ3v) is 2.89. The van der Waals surface area contributed by atoms with Gasteiger partial charge in [-0.15, -0.1) is 0 Å². The lowest BCUT2D eigenvalue weighted by Crippen LogP contribution is -2.46. The summed E-state index contributed by atoms with van der Waals surface area (Å²) in [6.07, 6.45) is -4.26. The first-order valence-electron chi connectivity index (χ1n) is 6.51. The van der Waals surface area contributed by atoms with Crippen molar-refractivity contribution >= 4 is 17.7 Å². The van der Waals surface area contributed by atoms with Crippen LogP contribution in [0.3, 0.4) is 0 Å². The van der Waals surface area contributed by atoms with Crippen LogP contribution in [0, 0.1) is 0 Å². The fourth-order valence-corrected chi connectivity index (χ4v) is 1.68. The molecule has 0 aliphatic heterocycles. The van der Waals surface area contributed by atoms with Crippen LogP contribution in [0.15, 0.2) is 17.1 Å². The van der Waals surface area contributed by atoms with Crippen LogP contribution in [0.2, 0.25) is 0 Å². The maximum atomic E-state index is 12.6. The highest BCUT2D eigenvalue weighted by Gasteiger charge is 2.31. The highest BCUT2D eigenvalue weighted by Crippen LogP contribution is 2.29. The number of aromatic amines is 1. The highest BCUT2D eigenvalue weighted by molar-refractivity contribution is 5.89. The Bertz CT molecular complexity index is 653. The summed E-state index contributed by atoms with van der Waals surface area (Å²) in [7, 11) is 0. The zero-order valence-corrected chi connectivity index (χ0v) is 12.4. The van der Waals surface area contributed by atoms with Crippen LogP contribution >= 0.6 is 0 Å². The zero-order valence-electron chi connectivity index (χ0n) is 12.4. The molecule has 4 N–H and O–H groups in total. The molecule has 0 unspecified atom stereocenters. The Kier molecular flexibility index (Phi) is 5.41. The number of hydrogen-bond donors (Lipinski definition) is 4. The normalized spacial score (nSPS) is 11.9. The number of carboxylic acid groups (broad SMARTS) is 1. The van der Waals surface area contributed by atoms with Gasteiger partial charge in [0.2, 0.25) is 0 Å². The SMILES string of the molecule is CC(C)(CCC(=O)O)NC(=O)Nc1cc(C(F)(F)F)c[nH]c1=O. The summed E-state index contributed by atoms with van der Waals surface area (Å²) in [4.78, 5) is 35.7. The van der Waals surface area contributed by atoms with E-state index in [1.165, 1.54) is 0 Å². The van der Waals surface area contributed by atoms with Gasteiger partial charge in [-0.3, -0.25) is 9.59 Å².